The molecular weight excluding hydrogens is 476 g/mol. The standard InChI is InChI=1S/C24H25ClN4O4S/c1-16-6-8-20(9-7-16)34(31,32)28-24(30)21-10-11-22-23(27-21)26-17(2)29(22)15-18-4-3-5-19(14-18)33-13-12-25/h3-11,14,17H,12-13,15H2,1-2H3,(H,26,27)(H,28,30). The zero-order valence-corrected chi connectivity index (χ0v) is 20.4. The Labute approximate surface area is 204 Å². The topological polar surface area (TPSA) is 101 Å². The Hall–Kier alpha value is -3.30. The minimum atomic E-state index is -4.00. The van der Waals surface area contributed by atoms with E-state index in [4.69, 9.17) is 16.3 Å². The zero-order chi connectivity index (χ0) is 24.3. The van der Waals surface area contributed by atoms with Gasteiger partial charge in [0.1, 0.15) is 18.1 Å². The number of nitrogens with zero attached hydrogens (tertiary/aromatic N) is 2. The molecule has 10 heteroatoms. The molecule has 1 aromatic heterocycles. The molecule has 0 saturated carbocycles. The highest BCUT2D eigenvalue weighted by Crippen LogP contribution is 2.34. The zero-order valence-electron chi connectivity index (χ0n) is 18.8. The molecule has 178 valence electrons. The van der Waals surface area contributed by atoms with Gasteiger partial charge in [-0.25, -0.2) is 18.1 Å². The Morgan fingerprint density at radius 1 is 1.18 bits per heavy atom. The summed E-state index contributed by atoms with van der Waals surface area (Å²) in [5.41, 5.74) is 2.79. The van der Waals surface area contributed by atoms with Gasteiger partial charge in [0, 0.05) is 6.54 Å². The molecule has 0 fully saturated rings. The van der Waals surface area contributed by atoms with Crippen LogP contribution in [-0.2, 0) is 16.6 Å². The van der Waals surface area contributed by atoms with E-state index in [2.05, 4.69) is 19.9 Å². The maximum absolute atomic E-state index is 12.7. The lowest BCUT2D eigenvalue weighted by Gasteiger charge is -2.24. The number of hydrogen-bond donors (Lipinski definition) is 2. The van der Waals surface area contributed by atoms with Gasteiger partial charge in [-0.15, -0.1) is 11.6 Å². The monoisotopic (exact) mass is 500 g/mol. The minimum absolute atomic E-state index is 0.00691. The van der Waals surface area contributed by atoms with Crippen LogP contribution in [0.3, 0.4) is 0 Å². The summed E-state index contributed by atoms with van der Waals surface area (Å²) in [5.74, 6) is 0.888. The van der Waals surface area contributed by atoms with Crippen LogP contribution in [0.15, 0.2) is 65.6 Å². The number of carbonyl (C=O) groups excluding carboxylic acids is 1. The molecule has 2 aromatic carbocycles. The largest absolute Gasteiger partial charge is 0.492 e. The molecule has 1 amide bonds. The molecule has 34 heavy (non-hydrogen) atoms. The molecule has 1 aliphatic heterocycles. The second-order valence-corrected chi connectivity index (χ2v) is 10.0. The third-order valence-corrected chi connectivity index (χ3v) is 6.89. The summed E-state index contributed by atoms with van der Waals surface area (Å²) in [6.45, 7) is 4.86. The van der Waals surface area contributed by atoms with Crippen LogP contribution in [0, 0.1) is 6.92 Å². The number of sulfonamides is 1. The number of carbonyl (C=O) groups is 1. The number of rotatable bonds is 8. The lowest BCUT2D eigenvalue weighted by Crippen LogP contribution is -2.32. The first kappa shape index (κ1) is 23.8. The van der Waals surface area contributed by atoms with Gasteiger partial charge in [-0.2, -0.15) is 0 Å². The van der Waals surface area contributed by atoms with E-state index in [1.807, 2.05) is 38.1 Å². The lowest BCUT2D eigenvalue weighted by molar-refractivity contribution is 0.0976. The van der Waals surface area contributed by atoms with Gasteiger partial charge < -0.3 is 15.0 Å². The Morgan fingerprint density at radius 2 is 1.94 bits per heavy atom. The molecule has 1 atom stereocenters. The van der Waals surface area contributed by atoms with Crippen LogP contribution in [0.2, 0.25) is 0 Å². The summed E-state index contributed by atoms with van der Waals surface area (Å²) in [5, 5.41) is 3.25. The number of alkyl halides is 1. The van der Waals surface area contributed by atoms with Crippen molar-refractivity contribution in [2.75, 3.05) is 22.7 Å². The second kappa shape index (κ2) is 9.90. The molecule has 0 aliphatic carbocycles. The van der Waals surface area contributed by atoms with E-state index in [-0.39, 0.29) is 16.8 Å². The van der Waals surface area contributed by atoms with Crippen LogP contribution < -0.4 is 19.7 Å². The fraction of sp³-hybridized carbons (Fsp3) is 0.250. The van der Waals surface area contributed by atoms with Crippen molar-refractivity contribution >= 4 is 39.0 Å². The minimum Gasteiger partial charge on any atom is -0.492 e. The molecular formula is C24H25ClN4O4S. The van der Waals surface area contributed by atoms with Crippen molar-refractivity contribution in [3.05, 3.63) is 77.5 Å². The van der Waals surface area contributed by atoms with E-state index >= 15 is 0 Å². The number of aromatic nitrogens is 1. The Morgan fingerprint density at radius 3 is 2.68 bits per heavy atom. The van der Waals surface area contributed by atoms with Gasteiger partial charge in [-0.1, -0.05) is 29.8 Å². The van der Waals surface area contributed by atoms with Crippen molar-refractivity contribution in [3.63, 3.8) is 0 Å². The van der Waals surface area contributed by atoms with E-state index in [1.54, 1.807) is 18.2 Å². The number of ether oxygens (including phenoxy) is 1. The molecule has 8 nitrogen and oxygen atoms in total. The molecule has 1 aliphatic rings. The number of halogens is 1. The molecule has 2 N–H and O–H groups in total. The first-order valence-electron chi connectivity index (χ1n) is 10.7. The second-order valence-electron chi connectivity index (χ2n) is 7.94. The van der Waals surface area contributed by atoms with Crippen LogP contribution in [0.25, 0.3) is 0 Å². The Balaban J connectivity index is 1.50. The normalized spacial score (nSPS) is 14.9. The van der Waals surface area contributed by atoms with Crippen molar-refractivity contribution in [2.24, 2.45) is 0 Å². The van der Waals surface area contributed by atoms with Gasteiger partial charge in [-0.3, -0.25) is 4.79 Å². The number of hydrogen-bond acceptors (Lipinski definition) is 7. The predicted octanol–water partition coefficient (Wildman–Crippen LogP) is 3.90. The van der Waals surface area contributed by atoms with Gasteiger partial charge in [0.25, 0.3) is 15.9 Å². The summed E-state index contributed by atoms with van der Waals surface area (Å²) in [4.78, 5) is 19.2. The number of aryl methyl sites for hydroxylation is 1. The average Bonchev–Trinajstić information content (AvgIpc) is 3.12. The van der Waals surface area contributed by atoms with Gasteiger partial charge in [0.2, 0.25) is 0 Å². The van der Waals surface area contributed by atoms with Gasteiger partial charge >= 0.3 is 0 Å². The van der Waals surface area contributed by atoms with Gasteiger partial charge in [0.05, 0.1) is 22.6 Å². The van der Waals surface area contributed by atoms with Crippen molar-refractivity contribution in [1.82, 2.24) is 9.71 Å². The molecule has 0 spiro atoms. The molecule has 2 heterocycles. The third kappa shape index (κ3) is 5.26. The smallest absolute Gasteiger partial charge is 0.283 e. The summed E-state index contributed by atoms with van der Waals surface area (Å²) < 4.78 is 32.8. The number of nitrogens with one attached hydrogen (secondary N) is 2. The average molecular weight is 501 g/mol. The fourth-order valence-electron chi connectivity index (χ4n) is 3.66. The summed E-state index contributed by atoms with van der Waals surface area (Å²) >= 11 is 5.70. The molecule has 0 saturated heterocycles. The number of amides is 1. The summed E-state index contributed by atoms with van der Waals surface area (Å²) in [6.07, 6.45) is -0.0791. The van der Waals surface area contributed by atoms with Gasteiger partial charge in [-0.05, 0) is 55.8 Å². The number of anilines is 2. The van der Waals surface area contributed by atoms with E-state index in [1.165, 1.54) is 18.2 Å². The first-order chi connectivity index (χ1) is 16.3. The third-order valence-electron chi connectivity index (χ3n) is 5.38. The number of fused-ring (bicyclic) bond motifs is 1. The fourth-order valence-corrected chi connectivity index (χ4v) is 4.70. The first-order valence-corrected chi connectivity index (χ1v) is 12.7. The van der Waals surface area contributed by atoms with Crippen LogP contribution >= 0.6 is 11.6 Å². The maximum atomic E-state index is 12.7. The molecule has 1 unspecified atom stereocenters. The van der Waals surface area contributed by atoms with Gasteiger partial charge in [0.15, 0.2) is 5.82 Å². The Kier molecular flexibility index (Phi) is 6.95. The molecule has 0 bridgehead atoms. The maximum Gasteiger partial charge on any atom is 0.283 e. The van der Waals surface area contributed by atoms with Crippen LogP contribution in [0.4, 0.5) is 11.5 Å². The van der Waals surface area contributed by atoms with Crippen LogP contribution in [0.5, 0.6) is 5.75 Å². The van der Waals surface area contributed by atoms with Crippen molar-refractivity contribution in [1.29, 1.82) is 0 Å². The van der Waals surface area contributed by atoms with Crippen molar-refractivity contribution in [2.45, 2.75) is 31.5 Å². The van der Waals surface area contributed by atoms with Crippen molar-refractivity contribution < 1.29 is 17.9 Å². The SMILES string of the molecule is Cc1ccc(S(=O)(=O)NC(=O)c2ccc3c(n2)NC(C)N3Cc2cccc(OCCCl)c2)cc1. The lowest BCUT2D eigenvalue weighted by atomic mass is 10.2. The summed E-state index contributed by atoms with van der Waals surface area (Å²) in [7, 11) is -4.00. The van der Waals surface area contributed by atoms with E-state index in [0.29, 0.717) is 24.8 Å². The van der Waals surface area contributed by atoms with Crippen molar-refractivity contribution in [3.8, 4) is 5.75 Å². The highest BCUT2D eigenvalue weighted by molar-refractivity contribution is 7.90. The van der Waals surface area contributed by atoms with E-state index < -0.39 is 15.9 Å². The quantitative estimate of drug-likeness (QED) is 0.452. The van der Waals surface area contributed by atoms with Crippen LogP contribution in [0.1, 0.15) is 28.5 Å². The molecule has 3 aromatic rings. The van der Waals surface area contributed by atoms with Crippen LogP contribution in [-0.4, -0.2) is 38.0 Å². The number of pyridine rings is 1. The predicted molar refractivity (Wildman–Crippen MR) is 132 cm³/mol. The number of benzene rings is 2. The van der Waals surface area contributed by atoms with E-state index in [9.17, 15) is 13.2 Å². The molecule has 4 rings (SSSR count). The summed E-state index contributed by atoms with van der Waals surface area (Å²) in [6, 6.07) is 17.3. The highest BCUT2D eigenvalue weighted by atomic mass is 35.5. The highest BCUT2D eigenvalue weighted by Gasteiger charge is 2.28. The Bertz CT molecular complexity index is 1300. The van der Waals surface area contributed by atoms with E-state index in [0.717, 1.165) is 22.6 Å². The molecule has 0 radical (unpaired) electrons.